The molecule has 0 aliphatic rings. The molecule has 212 valence electrons. The quantitative estimate of drug-likeness (QED) is 0.179. The summed E-state index contributed by atoms with van der Waals surface area (Å²) in [7, 11) is 0. The molecule has 1 heteroatoms. The lowest BCUT2D eigenvalue weighted by molar-refractivity contribution is 1.30. The van der Waals surface area contributed by atoms with Crippen molar-refractivity contribution in [3.05, 3.63) is 188 Å². The van der Waals surface area contributed by atoms with Crippen LogP contribution >= 0.6 is 0 Å². The Balaban J connectivity index is 1.35. The molecule has 0 aliphatic heterocycles. The maximum atomic E-state index is 2.43. The van der Waals surface area contributed by atoms with E-state index in [0.717, 1.165) is 17.1 Å². The first-order valence-electron chi connectivity index (χ1n) is 15.5. The Bertz CT molecular complexity index is 2250. The van der Waals surface area contributed by atoms with Crippen LogP contribution < -0.4 is 4.90 Å². The molecule has 0 bridgehead atoms. The maximum Gasteiger partial charge on any atom is 0.0546 e. The minimum Gasteiger partial charge on any atom is -0.309 e. The van der Waals surface area contributed by atoms with Crippen molar-refractivity contribution in [1.29, 1.82) is 0 Å². The van der Waals surface area contributed by atoms with Gasteiger partial charge in [0, 0.05) is 16.6 Å². The molecule has 0 saturated heterocycles. The lowest BCUT2D eigenvalue weighted by Gasteiger charge is -2.30. The Morgan fingerprint density at radius 3 is 1.42 bits per heavy atom. The molecule has 0 fully saturated rings. The van der Waals surface area contributed by atoms with Crippen LogP contribution in [0.2, 0.25) is 0 Å². The molecule has 0 spiro atoms. The largest absolute Gasteiger partial charge is 0.309 e. The van der Waals surface area contributed by atoms with E-state index in [1.807, 2.05) is 0 Å². The molecule has 8 rings (SSSR count). The van der Waals surface area contributed by atoms with Gasteiger partial charge in [0.2, 0.25) is 0 Å². The fraction of sp³-hybridized carbons (Fsp3) is 0. The Hall–Kier alpha value is -5.92. The van der Waals surface area contributed by atoms with Gasteiger partial charge in [-0.15, -0.1) is 0 Å². The van der Waals surface area contributed by atoms with Crippen molar-refractivity contribution >= 4 is 38.6 Å². The highest BCUT2D eigenvalue weighted by Gasteiger charge is 2.20. The number of nitrogens with zero attached hydrogens (tertiary/aromatic N) is 1. The summed E-state index contributed by atoms with van der Waals surface area (Å²) in [5, 5.41) is 4.96. The Morgan fingerprint density at radius 2 is 0.756 bits per heavy atom. The molecule has 0 saturated carbocycles. The predicted molar refractivity (Wildman–Crippen MR) is 192 cm³/mol. The van der Waals surface area contributed by atoms with Crippen LogP contribution in [0.1, 0.15) is 0 Å². The third-order valence-corrected chi connectivity index (χ3v) is 8.67. The number of rotatable bonds is 6. The number of anilines is 3. The summed E-state index contributed by atoms with van der Waals surface area (Å²) in [6.07, 6.45) is 0. The van der Waals surface area contributed by atoms with E-state index in [2.05, 4.69) is 193 Å². The minimum absolute atomic E-state index is 1.11. The number of hydrogen-bond acceptors (Lipinski definition) is 1. The van der Waals surface area contributed by atoms with Gasteiger partial charge in [-0.2, -0.15) is 0 Å². The van der Waals surface area contributed by atoms with Crippen molar-refractivity contribution in [3.63, 3.8) is 0 Å². The van der Waals surface area contributed by atoms with Gasteiger partial charge in [0.1, 0.15) is 0 Å². The van der Waals surface area contributed by atoms with E-state index < -0.39 is 0 Å². The van der Waals surface area contributed by atoms with Crippen molar-refractivity contribution < 1.29 is 0 Å². The van der Waals surface area contributed by atoms with E-state index in [1.54, 1.807) is 0 Å². The van der Waals surface area contributed by atoms with E-state index in [4.69, 9.17) is 0 Å². The summed E-state index contributed by atoms with van der Waals surface area (Å²) in [6, 6.07) is 67.6. The molecule has 0 aromatic heterocycles. The van der Waals surface area contributed by atoms with E-state index >= 15 is 0 Å². The van der Waals surface area contributed by atoms with Crippen molar-refractivity contribution in [3.8, 4) is 33.4 Å². The summed E-state index contributed by atoms with van der Waals surface area (Å²) >= 11 is 0. The summed E-state index contributed by atoms with van der Waals surface area (Å²) in [5.41, 5.74) is 10.7. The van der Waals surface area contributed by atoms with Crippen LogP contribution in [0.3, 0.4) is 0 Å². The molecule has 0 aliphatic carbocycles. The molecule has 0 radical (unpaired) electrons. The van der Waals surface area contributed by atoms with Gasteiger partial charge in [-0.1, -0.05) is 164 Å². The third kappa shape index (κ3) is 4.95. The van der Waals surface area contributed by atoms with Crippen molar-refractivity contribution in [2.45, 2.75) is 0 Å². The predicted octanol–water partition coefficient (Wildman–Crippen LogP) is 12.5. The zero-order valence-corrected chi connectivity index (χ0v) is 24.8. The summed E-state index contributed by atoms with van der Waals surface area (Å²) < 4.78 is 0. The van der Waals surface area contributed by atoms with Crippen LogP contribution in [0.25, 0.3) is 54.9 Å². The lowest BCUT2D eigenvalue weighted by Crippen LogP contribution is -2.12. The van der Waals surface area contributed by atoms with Gasteiger partial charge in [0.05, 0.1) is 11.4 Å². The van der Waals surface area contributed by atoms with Crippen LogP contribution in [0.15, 0.2) is 188 Å². The Morgan fingerprint density at radius 1 is 0.289 bits per heavy atom. The highest BCUT2D eigenvalue weighted by molar-refractivity contribution is 6.15. The van der Waals surface area contributed by atoms with Crippen LogP contribution in [0.5, 0.6) is 0 Å². The molecule has 8 aromatic carbocycles. The maximum absolute atomic E-state index is 2.43. The summed E-state index contributed by atoms with van der Waals surface area (Å²) in [6.45, 7) is 0. The first-order valence-corrected chi connectivity index (χ1v) is 15.5. The number of benzene rings is 8. The van der Waals surface area contributed by atoms with Gasteiger partial charge in [-0.25, -0.2) is 0 Å². The zero-order valence-electron chi connectivity index (χ0n) is 24.8. The fourth-order valence-electron chi connectivity index (χ4n) is 6.55. The monoisotopic (exact) mass is 573 g/mol. The van der Waals surface area contributed by atoms with Gasteiger partial charge in [0.15, 0.2) is 0 Å². The fourth-order valence-corrected chi connectivity index (χ4v) is 6.55. The molecular formula is C44H31N. The number of fused-ring (bicyclic) bond motifs is 3. The molecule has 0 unspecified atom stereocenters. The van der Waals surface area contributed by atoms with Crippen LogP contribution in [-0.4, -0.2) is 0 Å². The smallest absolute Gasteiger partial charge is 0.0546 e. The number of hydrogen-bond donors (Lipinski definition) is 0. The second kappa shape index (κ2) is 11.6. The van der Waals surface area contributed by atoms with Crippen LogP contribution in [0, 0.1) is 0 Å². The normalized spacial score (nSPS) is 11.1. The standard InChI is InChI=1S/C44H31N/c1-3-15-32(16-4-1)37-20-9-10-21-38(37)34-27-29-36(30-28-34)45(43-26-14-13-23-40(43)33-17-5-2-6-18-33)44-31-35-19-7-8-22-39(35)41-24-11-12-25-42(41)44/h1-31H. The van der Waals surface area contributed by atoms with Crippen molar-refractivity contribution in [1.82, 2.24) is 0 Å². The summed E-state index contributed by atoms with van der Waals surface area (Å²) in [5.74, 6) is 0. The third-order valence-electron chi connectivity index (χ3n) is 8.67. The number of para-hydroxylation sites is 1. The molecule has 0 N–H and O–H groups in total. The van der Waals surface area contributed by atoms with E-state index in [-0.39, 0.29) is 0 Å². The van der Waals surface area contributed by atoms with E-state index in [0.29, 0.717) is 0 Å². The van der Waals surface area contributed by atoms with Gasteiger partial charge >= 0.3 is 0 Å². The molecule has 8 aromatic rings. The Kier molecular flexibility index (Phi) is 6.90. The second-order valence-electron chi connectivity index (χ2n) is 11.3. The lowest BCUT2D eigenvalue weighted by atomic mass is 9.94. The topological polar surface area (TPSA) is 3.24 Å². The second-order valence-corrected chi connectivity index (χ2v) is 11.3. The molecule has 0 heterocycles. The molecular weight excluding hydrogens is 542 g/mol. The van der Waals surface area contributed by atoms with Crippen molar-refractivity contribution in [2.75, 3.05) is 4.90 Å². The highest BCUT2D eigenvalue weighted by Crippen LogP contribution is 2.45. The van der Waals surface area contributed by atoms with Crippen molar-refractivity contribution in [2.24, 2.45) is 0 Å². The van der Waals surface area contributed by atoms with E-state index in [1.165, 1.54) is 54.9 Å². The van der Waals surface area contributed by atoms with Crippen LogP contribution in [-0.2, 0) is 0 Å². The van der Waals surface area contributed by atoms with Gasteiger partial charge in [0.25, 0.3) is 0 Å². The first-order chi connectivity index (χ1) is 22.3. The molecule has 1 nitrogen and oxygen atoms in total. The van der Waals surface area contributed by atoms with Gasteiger partial charge < -0.3 is 4.90 Å². The van der Waals surface area contributed by atoms with Gasteiger partial charge in [-0.3, -0.25) is 0 Å². The van der Waals surface area contributed by atoms with Crippen LogP contribution in [0.4, 0.5) is 17.1 Å². The van der Waals surface area contributed by atoms with E-state index in [9.17, 15) is 0 Å². The average Bonchev–Trinajstić information content (AvgIpc) is 3.13. The average molecular weight is 574 g/mol. The van der Waals surface area contributed by atoms with Gasteiger partial charge in [-0.05, 0) is 68.2 Å². The SMILES string of the molecule is c1ccc(-c2ccccc2-c2ccc(N(c3ccccc3-c3ccccc3)c3cc4ccccc4c4ccccc34)cc2)cc1. The highest BCUT2D eigenvalue weighted by atomic mass is 15.1. The first kappa shape index (κ1) is 26.7. The molecule has 0 atom stereocenters. The summed E-state index contributed by atoms with van der Waals surface area (Å²) in [4.78, 5) is 2.43. The Labute approximate surface area is 264 Å². The molecule has 0 amide bonds. The molecule has 45 heavy (non-hydrogen) atoms. The minimum atomic E-state index is 1.11. The zero-order chi connectivity index (χ0) is 30.0.